The number of thiophene rings is 1. The Kier molecular flexibility index (Phi) is 5.85. The van der Waals surface area contributed by atoms with Gasteiger partial charge in [-0.2, -0.15) is 0 Å². The van der Waals surface area contributed by atoms with E-state index in [0.717, 1.165) is 47.3 Å². The van der Waals surface area contributed by atoms with E-state index in [9.17, 15) is 9.59 Å². The summed E-state index contributed by atoms with van der Waals surface area (Å²) < 4.78 is 11.0. The quantitative estimate of drug-likeness (QED) is 0.748. The van der Waals surface area contributed by atoms with Crippen molar-refractivity contribution in [3.05, 3.63) is 44.8 Å². The summed E-state index contributed by atoms with van der Waals surface area (Å²) in [6, 6.07) is 4.02. The van der Waals surface area contributed by atoms with Crippen molar-refractivity contribution in [2.45, 2.75) is 47.0 Å². The Morgan fingerprint density at radius 2 is 1.89 bits per heavy atom. The molecule has 6 heteroatoms. The van der Waals surface area contributed by atoms with E-state index < -0.39 is 0 Å². The van der Waals surface area contributed by atoms with Crippen molar-refractivity contribution in [2.75, 3.05) is 18.5 Å². The molecule has 0 unspecified atom stereocenters. The van der Waals surface area contributed by atoms with E-state index in [1.165, 1.54) is 16.2 Å². The second-order valence-corrected chi connectivity index (χ2v) is 7.88. The number of esters is 1. The molecule has 1 amide bonds. The summed E-state index contributed by atoms with van der Waals surface area (Å²) in [5, 5.41) is 3.43. The van der Waals surface area contributed by atoms with Crippen LogP contribution in [0.3, 0.4) is 0 Å². The molecule has 0 atom stereocenters. The molecule has 5 nitrogen and oxygen atoms in total. The standard InChI is InChI=1S/C21H25NO4S/c1-5-25-21(24)18-15-7-6-8-16(15)27-20(18)22-17(23)11-26-19-13(3)10-9-12(2)14(19)4/h9-10H,5-8,11H2,1-4H3,(H,22,23). The van der Waals surface area contributed by atoms with E-state index in [0.29, 0.717) is 17.2 Å². The van der Waals surface area contributed by atoms with Crippen LogP contribution in [0.15, 0.2) is 12.1 Å². The minimum absolute atomic E-state index is 0.101. The first-order chi connectivity index (χ1) is 12.9. The van der Waals surface area contributed by atoms with Gasteiger partial charge in [-0.3, -0.25) is 4.79 Å². The molecule has 1 aliphatic rings. The Bertz CT molecular complexity index is 885. The number of rotatable bonds is 6. The third kappa shape index (κ3) is 4.00. The van der Waals surface area contributed by atoms with E-state index in [1.54, 1.807) is 6.92 Å². The maximum atomic E-state index is 12.5. The van der Waals surface area contributed by atoms with Crippen molar-refractivity contribution in [3.63, 3.8) is 0 Å². The first-order valence-electron chi connectivity index (χ1n) is 9.23. The zero-order valence-electron chi connectivity index (χ0n) is 16.2. The molecule has 0 saturated heterocycles. The minimum Gasteiger partial charge on any atom is -0.483 e. The molecular weight excluding hydrogens is 362 g/mol. The molecule has 0 spiro atoms. The zero-order valence-corrected chi connectivity index (χ0v) is 17.0. The number of nitrogens with one attached hydrogen (secondary N) is 1. The van der Waals surface area contributed by atoms with E-state index in [4.69, 9.17) is 9.47 Å². The summed E-state index contributed by atoms with van der Waals surface area (Å²) >= 11 is 1.47. The highest BCUT2D eigenvalue weighted by molar-refractivity contribution is 7.17. The third-order valence-electron chi connectivity index (χ3n) is 4.88. The first kappa shape index (κ1) is 19.4. The van der Waals surface area contributed by atoms with Crippen molar-refractivity contribution in [2.24, 2.45) is 0 Å². The topological polar surface area (TPSA) is 64.6 Å². The first-order valence-corrected chi connectivity index (χ1v) is 10.0. The van der Waals surface area contributed by atoms with Crippen molar-refractivity contribution >= 4 is 28.2 Å². The molecule has 144 valence electrons. The zero-order chi connectivity index (χ0) is 19.6. The van der Waals surface area contributed by atoms with Crippen LogP contribution in [-0.4, -0.2) is 25.1 Å². The van der Waals surface area contributed by atoms with Crippen LogP contribution < -0.4 is 10.1 Å². The van der Waals surface area contributed by atoms with Gasteiger partial charge < -0.3 is 14.8 Å². The van der Waals surface area contributed by atoms with Crippen LogP contribution in [0.5, 0.6) is 5.75 Å². The molecule has 0 fully saturated rings. The molecule has 3 rings (SSSR count). The van der Waals surface area contributed by atoms with Gasteiger partial charge in [-0.15, -0.1) is 11.3 Å². The van der Waals surface area contributed by atoms with Gasteiger partial charge in [0, 0.05) is 4.88 Å². The highest BCUT2D eigenvalue weighted by Gasteiger charge is 2.28. The summed E-state index contributed by atoms with van der Waals surface area (Å²) in [4.78, 5) is 26.0. The molecule has 1 heterocycles. The maximum Gasteiger partial charge on any atom is 0.341 e. The van der Waals surface area contributed by atoms with Crippen LogP contribution in [0.25, 0.3) is 0 Å². The van der Waals surface area contributed by atoms with Gasteiger partial charge >= 0.3 is 5.97 Å². The van der Waals surface area contributed by atoms with Crippen LogP contribution in [0, 0.1) is 20.8 Å². The summed E-state index contributed by atoms with van der Waals surface area (Å²) in [6.45, 7) is 7.95. The third-order valence-corrected chi connectivity index (χ3v) is 6.08. The molecule has 1 N–H and O–H groups in total. The smallest absolute Gasteiger partial charge is 0.341 e. The van der Waals surface area contributed by atoms with Gasteiger partial charge in [-0.05, 0) is 69.2 Å². The lowest BCUT2D eigenvalue weighted by Gasteiger charge is -2.14. The molecule has 0 aliphatic heterocycles. The highest BCUT2D eigenvalue weighted by atomic mass is 32.1. The Morgan fingerprint density at radius 1 is 1.15 bits per heavy atom. The minimum atomic E-state index is -0.363. The van der Waals surface area contributed by atoms with Gasteiger partial charge in [-0.1, -0.05) is 12.1 Å². The number of anilines is 1. The summed E-state index contributed by atoms with van der Waals surface area (Å²) in [5.74, 6) is 0.101. The lowest BCUT2D eigenvalue weighted by Crippen LogP contribution is -2.22. The lowest BCUT2D eigenvalue weighted by atomic mass is 10.1. The fourth-order valence-electron chi connectivity index (χ4n) is 3.36. The van der Waals surface area contributed by atoms with Gasteiger partial charge in [-0.25, -0.2) is 4.79 Å². The van der Waals surface area contributed by atoms with Crippen LogP contribution in [0.1, 0.15) is 50.8 Å². The molecule has 1 aliphatic carbocycles. The van der Waals surface area contributed by atoms with Crippen molar-refractivity contribution in [1.82, 2.24) is 0 Å². The monoisotopic (exact) mass is 387 g/mol. The van der Waals surface area contributed by atoms with Crippen molar-refractivity contribution in [1.29, 1.82) is 0 Å². The van der Waals surface area contributed by atoms with Crippen LogP contribution in [-0.2, 0) is 22.4 Å². The second kappa shape index (κ2) is 8.13. The van der Waals surface area contributed by atoms with Gasteiger partial charge in [0.25, 0.3) is 5.91 Å². The number of fused-ring (bicyclic) bond motifs is 1. The number of carbonyl (C=O) groups is 2. The molecule has 0 radical (unpaired) electrons. The molecule has 1 aromatic carbocycles. The Morgan fingerprint density at radius 3 is 2.63 bits per heavy atom. The number of benzene rings is 1. The van der Waals surface area contributed by atoms with E-state index in [1.807, 2.05) is 32.9 Å². The average molecular weight is 388 g/mol. The predicted octanol–water partition coefficient (Wildman–Crippen LogP) is 4.36. The molecule has 1 aromatic heterocycles. The Labute approximate surface area is 163 Å². The Hall–Kier alpha value is -2.34. The number of ether oxygens (including phenoxy) is 2. The van der Waals surface area contributed by atoms with Gasteiger partial charge in [0.1, 0.15) is 10.8 Å². The van der Waals surface area contributed by atoms with Crippen molar-refractivity contribution < 1.29 is 19.1 Å². The predicted molar refractivity (Wildman–Crippen MR) is 107 cm³/mol. The molecule has 27 heavy (non-hydrogen) atoms. The molecular formula is C21H25NO4S. The van der Waals surface area contributed by atoms with Crippen molar-refractivity contribution in [3.8, 4) is 5.75 Å². The van der Waals surface area contributed by atoms with Gasteiger partial charge in [0.15, 0.2) is 6.61 Å². The number of amides is 1. The maximum absolute atomic E-state index is 12.5. The van der Waals surface area contributed by atoms with E-state index in [-0.39, 0.29) is 18.5 Å². The van der Waals surface area contributed by atoms with Gasteiger partial charge in [0.05, 0.1) is 12.2 Å². The molecule has 0 saturated carbocycles. The number of hydrogen-bond donors (Lipinski definition) is 1. The van der Waals surface area contributed by atoms with E-state index in [2.05, 4.69) is 5.32 Å². The Balaban J connectivity index is 1.74. The number of aryl methyl sites for hydroxylation is 3. The SMILES string of the molecule is CCOC(=O)c1c(NC(=O)COc2c(C)ccc(C)c2C)sc2c1CCC2. The van der Waals surface area contributed by atoms with Gasteiger partial charge in [0.2, 0.25) is 0 Å². The van der Waals surface area contributed by atoms with Crippen LogP contribution >= 0.6 is 11.3 Å². The average Bonchev–Trinajstić information content (AvgIpc) is 3.19. The molecule has 0 bridgehead atoms. The fourth-order valence-corrected chi connectivity index (χ4v) is 4.65. The number of hydrogen-bond acceptors (Lipinski definition) is 5. The summed E-state index contributed by atoms with van der Waals surface area (Å²) in [6.07, 6.45) is 2.84. The number of carbonyl (C=O) groups excluding carboxylic acids is 2. The van der Waals surface area contributed by atoms with E-state index >= 15 is 0 Å². The second-order valence-electron chi connectivity index (χ2n) is 6.77. The van der Waals surface area contributed by atoms with Crippen LogP contribution in [0.4, 0.5) is 5.00 Å². The fraction of sp³-hybridized carbons (Fsp3) is 0.429. The normalized spacial score (nSPS) is 12.6. The molecule has 2 aromatic rings. The summed E-state index contributed by atoms with van der Waals surface area (Å²) in [7, 11) is 0. The summed E-state index contributed by atoms with van der Waals surface area (Å²) in [5.41, 5.74) is 4.69. The lowest BCUT2D eigenvalue weighted by molar-refractivity contribution is -0.118. The van der Waals surface area contributed by atoms with Crippen LogP contribution in [0.2, 0.25) is 0 Å². The highest BCUT2D eigenvalue weighted by Crippen LogP contribution is 2.39. The largest absolute Gasteiger partial charge is 0.483 e.